The summed E-state index contributed by atoms with van der Waals surface area (Å²) in [4.78, 5) is 0. The normalized spacial score (nSPS) is 42.3. The molecule has 0 amide bonds. The number of hydrogen-bond donors (Lipinski definition) is 4. The van der Waals surface area contributed by atoms with E-state index in [1.54, 1.807) is 0 Å². The predicted molar refractivity (Wildman–Crippen MR) is 106 cm³/mol. The van der Waals surface area contributed by atoms with Crippen LogP contribution in [0.25, 0.3) is 0 Å². The third kappa shape index (κ3) is 5.53. The summed E-state index contributed by atoms with van der Waals surface area (Å²) in [5.41, 5.74) is -0.610. The quantitative estimate of drug-likeness (QED) is 0.516. The first kappa shape index (κ1) is 22.3. The minimum Gasteiger partial charge on any atom is -0.388 e. The van der Waals surface area contributed by atoms with Crippen molar-refractivity contribution in [1.82, 2.24) is 4.72 Å². The fourth-order valence-corrected chi connectivity index (χ4v) is 5.19. The van der Waals surface area contributed by atoms with Crippen molar-refractivity contribution in [2.24, 2.45) is 5.92 Å². The molecule has 2 rings (SSSR count). The van der Waals surface area contributed by atoms with Gasteiger partial charge in [0.2, 0.25) is 0 Å². The van der Waals surface area contributed by atoms with Crippen LogP contribution in [0.5, 0.6) is 0 Å². The molecule has 0 aromatic rings. The van der Waals surface area contributed by atoms with Crippen molar-refractivity contribution < 1.29 is 24.3 Å². The summed E-state index contributed by atoms with van der Waals surface area (Å²) in [5, 5.41) is 31.2. The molecule has 2 heterocycles. The topological polar surface area (TPSA) is 99.0 Å². The van der Waals surface area contributed by atoms with Gasteiger partial charge < -0.3 is 20.1 Å². The average molecular weight is 408 g/mol. The van der Waals surface area contributed by atoms with E-state index < -0.39 is 51.6 Å². The molecule has 0 radical (unpaired) electrons. The monoisotopic (exact) mass is 407 g/mol. The second-order valence-electron chi connectivity index (χ2n) is 8.12. The summed E-state index contributed by atoms with van der Waals surface area (Å²) in [7, 11) is -1.36. The van der Waals surface area contributed by atoms with Crippen molar-refractivity contribution in [3.05, 3.63) is 12.2 Å². The van der Waals surface area contributed by atoms with Crippen molar-refractivity contribution >= 4 is 22.7 Å². The Morgan fingerprint density at radius 1 is 1.15 bits per heavy atom. The molecule has 0 aliphatic carbocycles. The lowest BCUT2D eigenvalue weighted by Crippen LogP contribution is -2.64. The van der Waals surface area contributed by atoms with Crippen molar-refractivity contribution in [3.63, 3.8) is 0 Å². The first-order valence-corrected chi connectivity index (χ1v) is 11.5. The standard InChI is InChI=1S/C18H33NO5S2/c1-11-9-7-5-6-8-10-25-17-15(22)13(20)14(21)16(24-17)12(11)19-26(23)18(2,3)4/h7,9,11-17,19-22H,5-6,8,10H2,1-4H3/b9-7+/t11-,12+,13-,14+,15+,16+,17+,26?/m0/s1. The zero-order valence-corrected chi connectivity index (χ0v) is 17.6. The molecule has 26 heavy (non-hydrogen) atoms. The Bertz CT molecular complexity index is 510. The van der Waals surface area contributed by atoms with Gasteiger partial charge in [-0.2, -0.15) is 0 Å². The summed E-state index contributed by atoms with van der Waals surface area (Å²) in [5.74, 6) is 0.751. The smallest absolute Gasteiger partial charge is 0.132 e. The first-order chi connectivity index (χ1) is 12.1. The Morgan fingerprint density at radius 2 is 1.85 bits per heavy atom. The van der Waals surface area contributed by atoms with E-state index in [2.05, 4.69) is 16.9 Å². The van der Waals surface area contributed by atoms with Crippen LogP contribution in [-0.4, -0.2) is 65.9 Å². The van der Waals surface area contributed by atoms with Crippen LogP contribution < -0.4 is 4.72 Å². The molecule has 1 unspecified atom stereocenters. The summed E-state index contributed by atoms with van der Waals surface area (Å²) >= 11 is 1.46. The SMILES string of the molecule is C[C@H]1/C=C/CCCCS[C@H]2O[C@@H]([C@H](O)[C@H](O)[C@H]2O)[C@@H]1NS(=O)C(C)(C)C. The number of nitrogens with one attached hydrogen (secondary N) is 1. The third-order valence-electron chi connectivity index (χ3n) is 4.81. The second kappa shape index (κ2) is 9.49. The van der Waals surface area contributed by atoms with E-state index in [9.17, 15) is 19.5 Å². The number of allylic oxidation sites excluding steroid dienone is 1. The largest absolute Gasteiger partial charge is 0.388 e. The van der Waals surface area contributed by atoms with E-state index in [-0.39, 0.29) is 5.92 Å². The molecule has 0 aromatic heterocycles. The Hall–Kier alpha value is 0.0400. The number of hydrogen-bond acceptors (Lipinski definition) is 6. The first-order valence-electron chi connectivity index (χ1n) is 9.29. The number of aliphatic hydroxyl groups is 3. The summed E-state index contributed by atoms with van der Waals surface area (Å²) in [6, 6.07) is -0.453. The number of thioether (sulfide) groups is 1. The highest BCUT2D eigenvalue weighted by atomic mass is 32.2. The molecule has 1 fully saturated rings. The van der Waals surface area contributed by atoms with Gasteiger partial charge in [-0.25, -0.2) is 8.93 Å². The fourth-order valence-electron chi connectivity index (χ4n) is 3.08. The molecule has 2 bridgehead atoms. The number of aliphatic hydroxyl groups excluding tert-OH is 3. The van der Waals surface area contributed by atoms with Gasteiger partial charge in [0, 0.05) is 0 Å². The molecule has 8 heteroatoms. The molecular weight excluding hydrogens is 374 g/mol. The van der Waals surface area contributed by atoms with E-state index in [1.165, 1.54) is 11.8 Å². The molecule has 8 atom stereocenters. The maximum atomic E-state index is 12.7. The van der Waals surface area contributed by atoms with Crippen molar-refractivity contribution in [2.75, 3.05) is 5.75 Å². The van der Waals surface area contributed by atoms with Crippen LogP contribution in [0.2, 0.25) is 0 Å². The van der Waals surface area contributed by atoms with Gasteiger partial charge in [-0.3, -0.25) is 0 Å². The highest BCUT2D eigenvalue weighted by molar-refractivity contribution is 7.99. The van der Waals surface area contributed by atoms with Gasteiger partial charge in [-0.15, -0.1) is 11.8 Å². The van der Waals surface area contributed by atoms with Crippen molar-refractivity contribution in [1.29, 1.82) is 0 Å². The minimum absolute atomic E-state index is 0.0616. The molecule has 152 valence electrons. The third-order valence-corrected chi connectivity index (χ3v) is 7.65. The number of ether oxygens (including phenoxy) is 1. The Balaban J connectivity index is 2.32. The molecule has 6 nitrogen and oxygen atoms in total. The predicted octanol–water partition coefficient (Wildman–Crippen LogP) is 1.32. The van der Waals surface area contributed by atoms with Gasteiger partial charge in [-0.1, -0.05) is 19.1 Å². The van der Waals surface area contributed by atoms with Gasteiger partial charge in [0.05, 0.1) is 21.8 Å². The van der Waals surface area contributed by atoms with Crippen molar-refractivity contribution in [3.8, 4) is 0 Å². The van der Waals surface area contributed by atoms with Crippen LogP contribution in [-0.2, 0) is 15.7 Å². The van der Waals surface area contributed by atoms with Gasteiger partial charge in [-0.05, 0) is 51.7 Å². The van der Waals surface area contributed by atoms with Gasteiger partial charge >= 0.3 is 0 Å². The van der Waals surface area contributed by atoms with Crippen LogP contribution in [0.3, 0.4) is 0 Å². The second-order valence-corrected chi connectivity index (χ2v) is 11.3. The molecule has 4 N–H and O–H groups in total. The van der Waals surface area contributed by atoms with E-state index >= 15 is 0 Å². The van der Waals surface area contributed by atoms with Gasteiger partial charge in [0.15, 0.2) is 0 Å². The Morgan fingerprint density at radius 3 is 2.50 bits per heavy atom. The van der Waals surface area contributed by atoms with Crippen molar-refractivity contribution in [2.45, 2.75) is 87.6 Å². The Labute approximate surface area is 163 Å². The maximum absolute atomic E-state index is 12.7. The Kier molecular flexibility index (Phi) is 8.15. The maximum Gasteiger partial charge on any atom is 0.132 e. The van der Waals surface area contributed by atoms with Crippen LogP contribution >= 0.6 is 11.8 Å². The van der Waals surface area contributed by atoms with Gasteiger partial charge in [0.25, 0.3) is 0 Å². The zero-order valence-electron chi connectivity index (χ0n) is 16.0. The fraction of sp³-hybridized carbons (Fsp3) is 0.889. The van der Waals surface area contributed by atoms with E-state index in [0.29, 0.717) is 0 Å². The molecule has 0 aromatic carbocycles. The lowest BCUT2D eigenvalue weighted by atomic mass is 9.88. The molecule has 2 aliphatic heterocycles. The van der Waals surface area contributed by atoms with E-state index in [1.807, 2.05) is 27.7 Å². The summed E-state index contributed by atoms with van der Waals surface area (Å²) in [6.07, 6.45) is 2.70. The molecular formula is C18H33NO5S2. The van der Waals surface area contributed by atoms with Crippen LogP contribution in [0.15, 0.2) is 12.2 Å². The van der Waals surface area contributed by atoms with Gasteiger partial charge in [0.1, 0.15) is 29.9 Å². The van der Waals surface area contributed by atoms with E-state index in [0.717, 1.165) is 25.0 Å². The number of fused-ring (bicyclic) bond motifs is 2. The highest BCUT2D eigenvalue weighted by Gasteiger charge is 2.48. The minimum atomic E-state index is -1.36. The molecule has 1 saturated heterocycles. The molecule has 0 saturated carbocycles. The van der Waals surface area contributed by atoms with Crippen LogP contribution in [0.4, 0.5) is 0 Å². The molecule has 0 spiro atoms. The van der Waals surface area contributed by atoms with Crippen LogP contribution in [0.1, 0.15) is 47.0 Å². The lowest BCUT2D eigenvalue weighted by Gasteiger charge is -2.45. The summed E-state index contributed by atoms with van der Waals surface area (Å²) < 4.78 is 21.4. The van der Waals surface area contributed by atoms with Crippen LogP contribution in [0, 0.1) is 5.92 Å². The average Bonchev–Trinajstić information content (AvgIpc) is 2.56. The van der Waals surface area contributed by atoms with E-state index in [4.69, 9.17) is 4.74 Å². The highest BCUT2D eigenvalue weighted by Crippen LogP contribution is 2.33. The summed E-state index contributed by atoms with van der Waals surface area (Å²) in [6.45, 7) is 7.61. The zero-order chi connectivity index (χ0) is 19.5. The lowest BCUT2D eigenvalue weighted by molar-refractivity contribution is -0.205. The number of rotatable bonds is 2. The molecule has 2 aliphatic rings.